The van der Waals surface area contributed by atoms with Crippen LogP contribution in [0.5, 0.6) is 5.75 Å². The van der Waals surface area contributed by atoms with Crippen molar-refractivity contribution in [3.63, 3.8) is 0 Å². The average molecular weight is 421 g/mol. The molecule has 0 radical (unpaired) electrons. The standard InChI is InChI=1S/C22H28N8O/c1-5-29-9-11-30(12-10-29)22-25-15(3)24-21(27-22)26-17-8-6-7-16-13-14(2)19(28-23-4)20(31)18(16)17/h6-8,13,31H,5,9-12H2,1-4H3,(H,24,25,26,27). The van der Waals surface area contributed by atoms with E-state index >= 15 is 0 Å². The maximum Gasteiger partial charge on any atom is 0.232 e. The van der Waals surface area contributed by atoms with Gasteiger partial charge in [-0.1, -0.05) is 19.1 Å². The van der Waals surface area contributed by atoms with Crippen molar-refractivity contribution in [2.24, 2.45) is 10.2 Å². The number of aryl methyl sites for hydroxylation is 2. The SMILES string of the molecule is CCN1CCN(c2nc(C)nc(Nc3cccc4cc(C)c(N=NC)c(O)c34)n2)CC1. The van der Waals surface area contributed by atoms with Gasteiger partial charge in [-0.15, -0.1) is 0 Å². The number of nitrogens with zero attached hydrogens (tertiary/aromatic N) is 7. The Morgan fingerprint density at radius 1 is 1.10 bits per heavy atom. The van der Waals surface area contributed by atoms with Crippen LogP contribution in [0.15, 0.2) is 34.5 Å². The largest absolute Gasteiger partial charge is 0.505 e. The molecule has 1 fully saturated rings. The zero-order valence-corrected chi connectivity index (χ0v) is 18.4. The van der Waals surface area contributed by atoms with Gasteiger partial charge in [-0.2, -0.15) is 25.2 Å². The average Bonchev–Trinajstić information content (AvgIpc) is 2.76. The summed E-state index contributed by atoms with van der Waals surface area (Å²) < 4.78 is 0. The molecular formula is C22H28N8O. The quantitative estimate of drug-likeness (QED) is 0.603. The van der Waals surface area contributed by atoms with Crippen LogP contribution >= 0.6 is 0 Å². The van der Waals surface area contributed by atoms with Gasteiger partial charge in [-0.3, -0.25) is 0 Å². The predicted molar refractivity (Wildman–Crippen MR) is 123 cm³/mol. The highest BCUT2D eigenvalue weighted by molar-refractivity contribution is 6.03. The van der Waals surface area contributed by atoms with E-state index in [9.17, 15) is 5.11 Å². The number of likely N-dealkylation sites (N-methyl/N-ethyl adjacent to an activating group) is 1. The molecule has 162 valence electrons. The fourth-order valence-electron chi connectivity index (χ4n) is 3.94. The van der Waals surface area contributed by atoms with Crippen LogP contribution in [0.2, 0.25) is 0 Å². The van der Waals surface area contributed by atoms with Crippen LogP contribution in [0, 0.1) is 13.8 Å². The van der Waals surface area contributed by atoms with Crippen LogP contribution < -0.4 is 10.2 Å². The van der Waals surface area contributed by atoms with Crippen LogP contribution in [0.1, 0.15) is 18.3 Å². The molecule has 0 unspecified atom stereocenters. The lowest BCUT2D eigenvalue weighted by atomic mass is 10.0. The third kappa shape index (κ3) is 4.27. The van der Waals surface area contributed by atoms with E-state index in [1.165, 1.54) is 0 Å². The molecule has 0 aliphatic carbocycles. The van der Waals surface area contributed by atoms with E-state index < -0.39 is 0 Å². The van der Waals surface area contributed by atoms with Crippen LogP contribution in [0.25, 0.3) is 10.8 Å². The number of benzene rings is 2. The minimum atomic E-state index is 0.0883. The molecule has 9 heteroatoms. The van der Waals surface area contributed by atoms with Gasteiger partial charge in [0.1, 0.15) is 11.5 Å². The number of aromatic nitrogens is 3. The van der Waals surface area contributed by atoms with Gasteiger partial charge in [-0.25, -0.2) is 0 Å². The zero-order valence-electron chi connectivity index (χ0n) is 18.4. The van der Waals surface area contributed by atoms with E-state index in [1.54, 1.807) is 7.05 Å². The first-order valence-electron chi connectivity index (χ1n) is 10.5. The molecule has 0 bridgehead atoms. The summed E-state index contributed by atoms with van der Waals surface area (Å²) in [7, 11) is 1.59. The number of fused-ring (bicyclic) bond motifs is 1. The molecule has 2 heterocycles. The first-order chi connectivity index (χ1) is 15.0. The maximum atomic E-state index is 10.9. The molecule has 0 spiro atoms. The number of nitrogens with one attached hydrogen (secondary N) is 1. The second-order valence-corrected chi connectivity index (χ2v) is 7.65. The van der Waals surface area contributed by atoms with E-state index in [4.69, 9.17) is 0 Å². The van der Waals surface area contributed by atoms with Crippen LogP contribution in [0.3, 0.4) is 0 Å². The molecule has 1 aliphatic rings. The van der Waals surface area contributed by atoms with Gasteiger partial charge in [0.15, 0.2) is 5.75 Å². The Bertz CT molecular complexity index is 1120. The number of azo groups is 1. The Morgan fingerprint density at radius 3 is 2.58 bits per heavy atom. The van der Waals surface area contributed by atoms with Crippen LogP contribution in [-0.2, 0) is 0 Å². The summed E-state index contributed by atoms with van der Waals surface area (Å²) in [4.78, 5) is 18.3. The predicted octanol–water partition coefficient (Wildman–Crippen LogP) is 3.95. The second-order valence-electron chi connectivity index (χ2n) is 7.65. The van der Waals surface area contributed by atoms with E-state index in [2.05, 4.69) is 47.2 Å². The van der Waals surface area contributed by atoms with E-state index in [-0.39, 0.29) is 5.75 Å². The lowest BCUT2D eigenvalue weighted by Crippen LogP contribution is -2.46. The lowest BCUT2D eigenvalue weighted by Gasteiger charge is -2.34. The smallest absolute Gasteiger partial charge is 0.232 e. The number of anilines is 3. The summed E-state index contributed by atoms with van der Waals surface area (Å²) >= 11 is 0. The summed E-state index contributed by atoms with van der Waals surface area (Å²) in [6, 6.07) is 7.77. The van der Waals surface area contributed by atoms with E-state index in [0.29, 0.717) is 34.5 Å². The molecular weight excluding hydrogens is 392 g/mol. The summed E-state index contributed by atoms with van der Waals surface area (Å²) in [5.41, 5.74) is 2.03. The molecule has 0 saturated carbocycles. The number of phenolic OH excluding ortho intramolecular Hbond substituents is 1. The fraction of sp³-hybridized carbons (Fsp3) is 0.409. The Hall–Kier alpha value is -3.33. The van der Waals surface area contributed by atoms with Crippen LogP contribution in [0.4, 0.5) is 23.3 Å². The van der Waals surface area contributed by atoms with Gasteiger partial charge in [0.2, 0.25) is 11.9 Å². The first-order valence-corrected chi connectivity index (χ1v) is 10.5. The zero-order chi connectivity index (χ0) is 22.0. The number of aromatic hydroxyl groups is 1. The van der Waals surface area contributed by atoms with Crippen molar-refractivity contribution in [2.75, 3.05) is 50.0 Å². The molecule has 1 saturated heterocycles. The molecule has 0 atom stereocenters. The van der Waals surface area contributed by atoms with Crippen molar-refractivity contribution >= 4 is 34.0 Å². The number of rotatable bonds is 5. The van der Waals surface area contributed by atoms with Gasteiger partial charge in [0.25, 0.3) is 0 Å². The van der Waals surface area contributed by atoms with Crippen molar-refractivity contribution < 1.29 is 5.11 Å². The fourth-order valence-corrected chi connectivity index (χ4v) is 3.94. The summed E-state index contributed by atoms with van der Waals surface area (Å²) in [5.74, 6) is 1.86. The number of phenols is 1. The minimum Gasteiger partial charge on any atom is -0.505 e. The molecule has 1 aromatic heterocycles. The third-order valence-corrected chi connectivity index (χ3v) is 5.59. The van der Waals surface area contributed by atoms with Gasteiger partial charge >= 0.3 is 0 Å². The Morgan fingerprint density at radius 2 is 1.87 bits per heavy atom. The summed E-state index contributed by atoms with van der Waals surface area (Å²) in [6.45, 7) is 10.8. The Balaban J connectivity index is 1.70. The molecule has 1 aliphatic heterocycles. The van der Waals surface area contributed by atoms with Crippen molar-refractivity contribution in [2.45, 2.75) is 20.8 Å². The monoisotopic (exact) mass is 420 g/mol. The van der Waals surface area contributed by atoms with Gasteiger partial charge < -0.3 is 20.2 Å². The molecule has 3 aromatic rings. The van der Waals surface area contributed by atoms with E-state index in [1.807, 2.05) is 38.1 Å². The molecule has 2 N–H and O–H groups in total. The number of hydrogen-bond acceptors (Lipinski definition) is 9. The van der Waals surface area contributed by atoms with Crippen molar-refractivity contribution in [3.8, 4) is 5.75 Å². The molecule has 4 rings (SSSR count). The third-order valence-electron chi connectivity index (χ3n) is 5.59. The highest BCUT2D eigenvalue weighted by atomic mass is 16.3. The van der Waals surface area contributed by atoms with Crippen molar-refractivity contribution in [1.29, 1.82) is 0 Å². The van der Waals surface area contributed by atoms with Gasteiger partial charge in [0.05, 0.1) is 5.69 Å². The topological polar surface area (TPSA) is 102 Å². The highest BCUT2D eigenvalue weighted by Gasteiger charge is 2.20. The van der Waals surface area contributed by atoms with E-state index in [0.717, 1.165) is 43.7 Å². The maximum absolute atomic E-state index is 10.9. The van der Waals surface area contributed by atoms with Gasteiger partial charge in [0, 0.05) is 38.6 Å². The summed E-state index contributed by atoms with van der Waals surface area (Å²) in [5, 5.41) is 23.7. The first kappa shape index (κ1) is 20.9. The summed E-state index contributed by atoms with van der Waals surface area (Å²) in [6.07, 6.45) is 0. The second kappa shape index (κ2) is 8.81. The normalized spacial score (nSPS) is 15.2. The number of hydrogen-bond donors (Lipinski definition) is 2. The van der Waals surface area contributed by atoms with Crippen molar-refractivity contribution in [1.82, 2.24) is 19.9 Å². The molecule has 0 amide bonds. The van der Waals surface area contributed by atoms with Gasteiger partial charge in [-0.05, 0) is 43.5 Å². The molecule has 2 aromatic carbocycles. The molecule has 31 heavy (non-hydrogen) atoms. The minimum absolute atomic E-state index is 0.0883. The van der Waals surface area contributed by atoms with Crippen LogP contribution in [-0.4, -0.2) is 64.7 Å². The molecule has 9 nitrogen and oxygen atoms in total. The Kier molecular flexibility index (Phi) is 5.94. The lowest BCUT2D eigenvalue weighted by molar-refractivity contribution is 0.270. The van der Waals surface area contributed by atoms with Crippen molar-refractivity contribution in [3.05, 3.63) is 35.7 Å². The highest BCUT2D eigenvalue weighted by Crippen LogP contribution is 2.42. The number of piperazine rings is 1. The Labute approximate surface area is 181 Å².